The number of halogens is 1. The zero-order valence-electron chi connectivity index (χ0n) is 16.0. The van der Waals surface area contributed by atoms with Gasteiger partial charge in [0, 0.05) is 25.3 Å². The van der Waals surface area contributed by atoms with E-state index in [1.54, 1.807) is 12.1 Å². The molecule has 0 spiro atoms. The van der Waals surface area contributed by atoms with Gasteiger partial charge >= 0.3 is 0 Å². The number of carbonyl (C=O) groups excluding carboxylic acids is 2. The maximum Gasteiger partial charge on any atom is 0.295 e. The van der Waals surface area contributed by atoms with Crippen molar-refractivity contribution in [3.05, 3.63) is 71.0 Å². The summed E-state index contributed by atoms with van der Waals surface area (Å²) in [5, 5.41) is 20.4. The van der Waals surface area contributed by atoms with Crippen molar-refractivity contribution in [3.8, 4) is 5.75 Å². The first-order chi connectivity index (χ1) is 13.9. The second-order valence-corrected chi connectivity index (χ2v) is 6.64. The zero-order valence-corrected chi connectivity index (χ0v) is 16.0. The molecule has 1 saturated heterocycles. The molecule has 6 nitrogen and oxygen atoms in total. The lowest BCUT2D eigenvalue weighted by atomic mass is 9.95. The van der Waals surface area contributed by atoms with Crippen molar-refractivity contribution in [1.29, 1.82) is 0 Å². The van der Waals surface area contributed by atoms with Gasteiger partial charge < -0.3 is 19.8 Å². The van der Waals surface area contributed by atoms with Crippen LogP contribution in [0.1, 0.15) is 30.5 Å². The lowest BCUT2D eigenvalue weighted by molar-refractivity contribution is -0.140. The van der Waals surface area contributed by atoms with Crippen LogP contribution in [0, 0.1) is 5.82 Å². The Balaban J connectivity index is 2.05. The van der Waals surface area contributed by atoms with Crippen molar-refractivity contribution in [1.82, 2.24) is 4.90 Å². The molecule has 29 heavy (non-hydrogen) atoms. The average molecular weight is 399 g/mol. The van der Waals surface area contributed by atoms with E-state index < -0.39 is 23.5 Å². The van der Waals surface area contributed by atoms with Crippen molar-refractivity contribution >= 4 is 17.4 Å². The first-order valence-electron chi connectivity index (χ1n) is 9.35. The summed E-state index contributed by atoms with van der Waals surface area (Å²) in [5.41, 5.74) is 0.744. The number of nitrogens with zero attached hydrogens (tertiary/aromatic N) is 1. The van der Waals surface area contributed by atoms with Crippen LogP contribution in [0.25, 0.3) is 5.76 Å². The molecule has 3 rings (SSSR count). The number of ketones is 1. The van der Waals surface area contributed by atoms with Gasteiger partial charge in [0.1, 0.15) is 17.3 Å². The minimum Gasteiger partial charge on any atom is -0.508 e. The maximum atomic E-state index is 13.2. The summed E-state index contributed by atoms with van der Waals surface area (Å²) in [6.07, 6.45) is 0.520. The highest BCUT2D eigenvalue weighted by Crippen LogP contribution is 2.39. The number of phenolic OH excluding ortho intramolecular Hbond substituents is 1. The molecule has 0 radical (unpaired) electrons. The standard InChI is InChI=1S/C22H22FNO5/c1-2-29-13-3-12-24-19(14-6-10-17(25)11-7-14)18(21(27)22(24)28)20(26)15-4-8-16(23)9-5-15/h4-11,19,25-26H,2-3,12-13H2,1H3/t19-/m0/s1. The number of aliphatic hydroxyl groups is 1. The summed E-state index contributed by atoms with van der Waals surface area (Å²) in [5.74, 6) is -2.33. The topological polar surface area (TPSA) is 87.1 Å². The number of ether oxygens (including phenoxy) is 1. The Kier molecular flexibility index (Phi) is 6.29. The predicted octanol–water partition coefficient (Wildman–Crippen LogP) is 3.38. The van der Waals surface area contributed by atoms with E-state index >= 15 is 0 Å². The molecule has 2 aromatic rings. The third-order valence-corrected chi connectivity index (χ3v) is 4.76. The molecule has 152 valence electrons. The second-order valence-electron chi connectivity index (χ2n) is 6.64. The van der Waals surface area contributed by atoms with Crippen LogP contribution in [-0.4, -0.2) is 46.6 Å². The van der Waals surface area contributed by atoms with Crippen molar-refractivity contribution in [3.63, 3.8) is 0 Å². The minimum absolute atomic E-state index is 0.0422. The normalized spacial score (nSPS) is 18.4. The molecular formula is C22H22FNO5. The highest BCUT2D eigenvalue weighted by Gasteiger charge is 2.45. The van der Waals surface area contributed by atoms with Crippen molar-refractivity contribution in [2.45, 2.75) is 19.4 Å². The Bertz CT molecular complexity index is 921. The van der Waals surface area contributed by atoms with Gasteiger partial charge in [0.25, 0.3) is 11.7 Å². The van der Waals surface area contributed by atoms with Gasteiger partial charge in [-0.15, -0.1) is 0 Å². The molecule has 0 aliphatic carbocycles. The van der Waals surface area contributed by atoms with E-state index in [1.165, 1.54) is 41.3 Å². The number of aliphatic hydroxyl groups excluding tert-OH is 1. The summed E-state index contributed by atoms with van der Waals surface area (Å²) in [6, 6.07) is 10.3. The van der Waals surface area contributed by atoms with Gasteiger partial charge in [-0.3, -0.25) is 9.59 Å². The fourth-order valence-corrected chi connectivity index (χ4v) is 3.36. The number of aromatic hydroxyl groups is 1. The largest absolute Gasteiger partial charge is 0.508 e. The van der Waals surface area contributed by atoms with Gasteiger partial charge in [0.2, 0.25) is 0 Å². The number of phenols is 1. The molecule has 1 atom stereocenters. The number of rotatable bonds is 7. The molecule has 1 fully saturated rings. The maximum absolute atomic E-state index is 13.2. The van der Waals surface area contributed by atoms with Gasteiger partial charge in [-0.05, 0) is 55.3 Å². The molecule has 7 heteroatoms. The molecule has 0 aromatic heterocycles. The van der Waals surface area contributed by atoms with Crippen LogP contribution in [0.2, 0.25) is 0 Å². The average Bonchev–Trinajstić information content (AvgIpc) is 2.96. The van der Waals surface area contributed by atoms with E-state index in [0.29, 0.717) is 25.2 Å². The molecule has 0 unspecified atom stereocenters. The third-order valence-electron chi connectivity index (χ3n) is 4.76. The van der Waals surface area contributed by atoms with E-state index in [2.05, 4.69) is 0 Å². The van der Waals surface area contributed by atoms with Crippen LogP contribution in [0.3, 0.4) is 0 Å². The first kappa shape index (κ1) is 20.5. The number of benzene rings is 2. The SMILES string of the molecule is CCOCCCN1C(=O)C(=O)C(=C(O)c2ccc(F)cc2)[C@@H]1c1ccc(O)cc1. The monoisotopic (exact) mass is 399 g/mol. The smallest absolute Gasteiger partial charge is 0.295 e. The van der Waals surface area contributed by atoms with E-state index in [-0.39, 0.29) is 29.2 Å². The summed E-state index contributed by atoms with van der Waals surface area (Å²) in [7, 11) is 0. The van der Waals surface area contributed by atoms with Crippen molar-refractivity contribution < 1.29 is 28.9 Å². The molecule has 2 aromatic carbocycles. The fourth-order valence-electron chi connectivity index (χ4n) is 3.36. The lowest BCUT2D eigenvalue weighted by Crippen LogP contribution is -2.31. The number of hydrogen-bond donors (Lipinski definition) is 2. The van der Waals surface area contributed by atoms with E-state index in [0.717, 1.165) is 0 Å². The Morgan fingerprint density at radius 3 is 2.38 bits per heavy atom. The lowest BCUT2D eigenvalue weighted by Gasteiger charge is -2.25. The summed E-state index contributed by atoms with van der Waals surface area (Å²) >= 11 is 0. The van der Waals surface area contributed by atoms with Gasteiger partial charge in [0.05, 0.1) is 11.6 Å². The highest BCUT2D eigenvalue weighted by molar-refractivity contribution is 6.46. The Morgan fingerprint density at radius 2 is 1.76 bits per heavy atom. The van der Waals surface area contributed by atoms with Crippen LogP contribution < -0.4 is 0 Å². The predicted molar refractivity (Wildman–Crippen MR) is 105 cm³/mol. The molecule has 2 N–H and O–H groups in total. The zero-order chi connectivity index (χ0) is 21.0. The number of likely N-dealkylation sites (tertiary alicyclic amines) is 1. The Labute approximate surface area is 167 Å². The summed E-state index contributed by atoms with van der Waals surface area (Å²) < 4.78 is 18.6. The van der Waals surface area contributed by atoms with E-state index in [4.69, 9.17) is 4.74 Å². The highest BCUT2D eigenvalue weighted by atomic mass is 19.1. The Hall–Kier alpha value is -3.19. The molecular weight excluding hydrogens is 377 g/mol. The summed E-state index contributed by atoms with van der Waals surface area (Å²) in [6.45, 7) is 3.10. The van der Waals surface area contributed by atoms with Crippen LogP contribution in [0.4, 0.5) is 4.39 Å². The van der Waals surface area contributed by atoms with Crippen LogP contribution in [0.15, 0.2) is 54.1 Å². The van der Waals surface area contributed by atoms with Gasteiger partial charge in [-0.1, -0.05) is 12.1 Å². The summed E-state index contributed by atoms with van der Waals surface area (Å²) in [4.78, 5) is 26.9. The quantitative estimate of drug-likeness (QED) is 0.323. The minimum atomic E-state index is -0.817. The van der Waals surface area contributed by atoms with Crippen molar-refractivity contribution in [2.75, 3.05) is 19.8 Å². The Morgan fingerprint density at radius 1 is 1.10 bits per heavy atom. The van der Waals surface area contributed by atoms with Gasteiger partial charge in [-0.2, -0.15) is 0 Å². The second kappa shape index (κ2) is 8.87. The molecule has 1 amide bonds. The number of carbonyl (C=O) groups is 2. The van der Waals surface area contributed by atoms with Crippen LogP contribution in [-0.2, 0) is 14.3 Å². The molecule has 1 aliphatic heterocycles. The number of hydrogen-bond acceptors (Lipinski definition) is 5. The first-order valence-corrected chi connectivity index (χ1v) is 9.35. The number of amides is 1. The fraction of sp³-hybridized carbons (Fsp3) is 0.273. The van der Waals surface area contributed by atoms with Crippen LogP contribution in [0.5, 0.6) is 5.75 Å². The van der Waals surface area contributed by atoms with E-state index in [1.807, 2.05) is 6.92 Å². The third kappa shape index (κ3) is 4.30. The molecule has 0 saturated carbocycles. The van der Waals surface area contributed by atoms with Gasteiger partial charge in [-0.25, -0.2) is 4.39 Å². The van der Waals surface area contributed by atoms with Crippen LogP contribution >= 0.6 is 0 Å². The molecule has 1 aliphatic rings. The molecule has 0 bridgehead atoms. The van der Waals surface area contributed by atoms with Crippen molar-refractivity contribution in [2.24, 2.45) is 0 Å². The van der Waals surface area contributed by atoms with Gasteiger partial charge in [0.15, 0.2) is 0 Å². The number of Topliss-reactive ketones (excluding diaryl/α,β-unsaturated/α-hetero) is 1. The molecule has 1 heterocycles. The van der Waals surface area contributed by atoms with E-state index in [9.17, 15) is 24.2 Å².